The molecule has 0 bridgehead atoms. The summed E-state index contributed by atoms with van der Waals surface area (Å²) >= 11 is 0. The number of benzene rings is 2. The zero-order chi connectivity index (χ0) is 15.9. The van der Waals surface area contributed by atoms with E-state index < -0.39 is 0 Å². The average molecular weight is 308 g/mol. The van der Waals surface area contributed by atoms with E-state index in [0.717, 1.165) is 46.4 Å². The minimum Gasteiger partial charge on any atom is -0.305 e. The normalized spacial score (nSPS) is 16.4. The first-order chi connectivity index (χ1) is 11.3. The third-order valence-corrected chi connectivity index (χ3v) is 3.93. The Morgan fingerprint density at radius 2 is 1.39 bits per heavy atom. The molecular formula is C17H22B2N2O2. The van der Waals surface area contributed by atoms with Gasteiger partial charge in [0.1, 0.15) is 0 Å². The van der Waals surface area contributed by atoms with Crippen LogP contribution in [0.3, 0.4) is 0 Å². The van der Waals surface area contributed by atoms with Crippen LogP contribution in [0.4, 0.5) is 11.4 Å². The van der Waals surface area contributed by atoms with Gasteiger partial charge in [0.15, 0.2) is 0 Å². The molecule has 2 aliphatic rings. The summed E-state index contributed by atoms with van der Waals surface area (Å²) in [4.78, 5) is 14.8. The van der Waals surface area contributed by atoms with E-state index in [2.05, 4.69) is 37.3 Å². The van der Waals surface area contributed by atoms with Crippen molar-refractivity contribution in [2.75, 3.05) is 23.2 Å². The predicted octanol–water partition coefficient (Wildman–Crippen LogP) is 2.72. The number of anilines is 2. The van der Waals surface area contributed by atoms with Gasteiger partial charge in [0, 0.05) is 5.69 Å². The van der Waals surface area contributed by atoms with Crippen molar-refractivity contribution >= 4 is 26.2 Å². The molecule has 23 heavy (non-hydrogen) atoms. The van der Waals surface area contributed by atoms with Gasteiger partial charge in [-0.2, -0.15) is 0 Å². The first-order valence-corrected chi connectivity index (χ1v) is 8.26. The van der Waals surface area contributed by atoms with E-state index in [9.17, 15) is 0 Å². The molecule has 2 aliphatic heterocycles. The molecule has 0 amide bonds. The fourth-order valence-electron chi connectivity index (χ4n) is 2.73. The molecule has 0 atom stereocenters. The van der Waals surface area contributed by atoms with E-state index in [1.807, 2.05) is 34.2 Å². The maximum Gasteiger partial charge on any atom is 0.275 e. The highest BCUT2D eigenvalue weighted by atomic mass is 16.7. The summed E-state index contributed by atoms with van der Waals surface area (Å²) in [6, 6.07) is 18.5. The molecule has 0 N–H and O–H groups in total. The van der Waals surface area contributed by atoms with E-state index in [1.54, 1.807) is 0 Å². The topological polar surface area (TPSA) is 24.9 Å². The molecule has 0 aliphatic carbocycles. The maximum absolute atomic E-state index is 5.45. The van der Waals surface area contributed by atoms with Crippen LogP contribution in [-0.4, -0.2) is 28.0 Å². The van der Waals surface area contributed by atoms with Gasteiger partial charge in [0.25, 0.3) is 14.8 Å². The van der Waals surface area contributed by atoms with Gasteiger partial charge >= 0.3 is 0 Å². The van der Waals surface area contributed by atoms with Crippen LogP contribution < -0.4 is 9.95 Å². The summed E-state index contributed by atoms with van der Waals surface area (Å²) in [5.41, 5.74) is 3.64. The van der Waals surface area contributed by atoms with Gasteiger partial charge in [-0.25, -0.2) is 0 Å². The summed E-state index contributed by atoms with van der Waals surface area (Å²) in [7, 11) is 2.04. The van der Waals surface area contributed by atoms with Crippen molar-refractivity contribution in [2.24, 2.45) is 0 Å². The smallest absolute Gasteiger partial charge is 0.275 e. The van der Waals surface area contributed by atoms with Crippen molar-refractivity contribution in [3.8, 4) is 0 Å². The maximum atomic E-state index is 5.45. The van der Waals surface area contributed by atoms with Gasteiger partial charge in [-0.15, -0.1) is 0 Å². The Hall–Kier alpha value is -1.91. The molecular weight excluding hydrogens is 286 g/mol. The van der Waals surface area contributed by atoms with Crippen LogP contribution in [0.25, 0.3) is 0 Å². The molecule has 0 unspecified atom stereocenters. The fraction of sp³-hybridized carbons (Fsp3) is 0.294. The van der Waals surface area contributed by atoms with Crippen molar-refractivity contribution in [1.29, 1.82) is 0 Å². The molecule has 0 spiro atoms. The van der Waals surface area contributed by atoms with E-state index in [0.29, 0.717) is 0 Å². The Kier molecular flexibility index (Phi) is 5.61. The third-order valence-electron chi connectivity index (χ3n) is 3.93. The van der Waals surface area contributed by atoms with Crippen molar-refractivity contribution < 1.29 is 9.68 Å². The summed E-state index contributed by atoms with van der Waals surface area (Å²) in [5.74, 6) is 0. The molecule has 2 aromatic rings. The van der Waals surface area contributed by atoms with Gasteiger partial charge < -0.3 is 9.95 Å². The Balaban J connectivity index is 0.000000136. The Labute approximate surface area is 139 Å². The lowest BCUT2D eigenvalue weighted by atomic mass is 9.90. The predicted molar refractivity (Wildman–Crippen MR) is 98.4 cm³/mol. The second-order valence-electron chi connectivity index (χ2n) is 5.70. The molecule has 6 heteroatoms. The van der Waals surface area contributed by atoms with Gasteiger partial charge in [-0.05, 0) is 43.3 Å². The van der Waals surface area contributed by atoms with E-state index in [1.165, 1.54) is 11.3 Å². The number of hydrogen-bond donors (Lipinski definition) is 0. The second kappa shape index (κ2) is 8.09. The Bertz CT molecular complexity index is 601. The van der Waals surface area contributed by atoms with Gasteiger partial charge in [0.05, 0.1) is 18.9 Å². The zero-order valence-corrected chi connectivity index (χ0v) is 13.6. The number of nitrogens with zero attached hydrogens (tertiary/aromatic N) is 2. The van der Waals surface area contributed by atoms with Crippen LogP contribution >= 0.6 is 0 Å². The molecule has 2 heterocycles. The van der Waals surface area contributed by atoms with Crippen molar-refractivity contribution in [1.82, 2.24) is 0 Å². The molecule has 4 rings (SSSR count). The minimum absolute atomic E-state index is 0.855. The first kappa shape index (κ1) is 16.0. The lowest BCUT2D eigenvalue weighted by Crippen LogP contribution is -2.19. The number of para-hydroxylation sites is 2. The second-order valence-corrected chi connectivity index (χ2v) is 5.70. The first-order valence-electron chi connectivity index (χ1n) is 8.26. The Morgan fingerprint density at radius 1 is 0.783 bits per heavy atom. The number of rotatable bonds is 2. The molecule has 118 valence electrons. The molecule has 2 fully saturated rings. The summed E-state index contributed by atoms with van der Waals surface area (Å²) in [6.45, 7) is 3.82. The highest BCUT2D eigenvalue weighted by Gasteiger charge is 2.16. The lowest BCUT2D eigenvalue weighted by molar-refractivity contribution is 0.185. The molecule has 2 aromatic carbocycles. The van der Waals surface area contributed by atoms with Gasteiger partial charge in [0.2, 0.25) is 0 Å². The van der Waals surface area contributed by atoms with E-state index in [4.69, 9.17) is 9.68 Å². The highest BCUT2D eigenvalue weighted by molar-refractivity contribution is 6.41. The van der Waals surface area contributed by atoms with Crippen LogP contribution in [0.1, 0.15) is 5.56 Å². The molecule has 0 saturated carbocycles. The SMILES string of the molecule is B1CCON1c1ccccc1.Cc1ccccc1N1BCCO1. The largest absolute Gasteiger partial charge is 0.305 e. The van der Waals surface area contributed by atoms with Crippen LogP contribution in [0.15, 0.2) is 54.6 Å². The average Bonchev–Trinajstić information content (AvgIpc) is 3.31. The highest BCUT2D eigenvalue weighted by Crippen LogP contribution is 2.21. The standard InChI is InChI=1S/C9H12BNO.C8H10BNO/c1-8-4-2-3-5-9(8)11-10-6-7-12-11;1-2-4-8(5-3-1)10-9-6-7-11-10/h2-5,10H,6-7H2,1H3;1-5,9H,6-7H2. The lowest BCUT2D eigenvalue weighted by Gasteiger charge is -2.18. The Morgan fingerprint density at radius 3 is 2.00 bits per heavy atom. The van der Waals surface area contributed by atoms with E-state index in [-0.39, 0.29) is 0 Å². The van der Waals surface area contributed by atoms with Crippen LogP contribution in [0, 0.1) is 6.92 Å². The summed E-state index contributed by atoms with van der Waals surface area (Å²) in [5, 5.41) is 0. The van der Waals surface area contributed by atoms with Gasteiger partial charge in [-0.3, -0.25) is 9.68 Å². The molecule has 2 saturated heterocycles. The quantitative estimate of drug-likeness (QED) is 0.797. The van der Waals surface area contributed by atoms with Crippen molar-refractivity contribution in [2.45, 2.75) is 19.6 Å². The van der Waals surface area contributed by atoms with E-state index >= 15 is 0 Å². The van der Waals surface area contributed by atoms with Gasteiger partial charge in [-0.1, -0.05) is 36.4 Å². The van der Waals surface area contributed by atoms with Crippen molar-refractivity contribution in [3.63, 3.8) is 0 Å². The monoisotopic (exact) mass is 308 g/mol. The fourth-order valence-corrected chi connectivity index (χ4v) is 2.73. The van der Waals surface area contributed by atoms with Crippen LogP contribution in [-0.2, 0) is 9.68 Å². The zero-order valence-electron chi connectivity index (χ0n) is 13.6. The number of aryl methyl sites for hydroxylation is 1. The van der Waals surface area contributed by atoms with Crippen LogP contribution in [0.5, 0.6) is 0 Å². The summed E-state index contributed by atoms with van der Waals surface area (Å²) in [6.07, 6.45) is 2.27. The summed E-state index contributed by atoms with van der Waals surface area (Å²) < 4.78 is 0. The third kappa shape index (κ3) is 4.30. The molecule has 0 radical (unpaired) electrons. The minimum atomic E-state index is 0.855. The number of hydrogen-bond acceptors (Lipinski definition) is 4. The van der Waals surface area contributed by atoms with Crippen LogP contribution in [0.2, 0.25) is 12.6 Å². The molecule has 4 nitrogen and oxygen atoms in total. The van der Waals surface area contributed by atoms with Crippen molar-refractivity contribution in [3.05, 3.63) is 60.2 Å². The molecule has 0 aromatic heterocycles.